The van der Waals surface area contributed by atoms with E-state index in [1.807, 2.05) is 18.3 Å². The lowest BCUT2D eigenvalue weighted by Gasteiger charge is -2.40. The van der Waals surface area contributed by atoms with E-state index in [9.17, 15) is 4.79 Å². The molecule has 1 saturated carbocycles. The number of pyridine rings is 1. The third-order valence-corrected chi connectivity index (χ3v) is 9.84. The molecule has 0 bridgehead atoms. The molecule has 6 heteroatoms. The molecule has 0 radical (unpaired) electrons. The molecule has 206 valence electrons. The largest absolute Gasteiger partial charge is 0.490 e. The highest BCUT2D eigenvalue weighted by Crippen LogP contribution is 2.37. The van der Waals surface area contributed by atoms with Gasteiger partial charge in [-0.2, -0.15) is 0 Å². The Morgan fingerprint density at radius 2 is 1.82 bits per heavy atom. The number of rotatable bonds is 4. The number of ether oxygens (including phenoxy) is 1. The van der Waals surface area contributed by atoms with Crippen molar-refractivity contribution in [2.24, 2.45) is 0 Å². The van der Waals surface area contributed by atoms with E-state index >= 15 is 0 Å². The summed E-state index contributed by atoms with van der Waals surface area (Å²) in [7, 11) is 0. The van der Waals surface area contributed by atoms with Crippen molar-refractivity contribution in [1.82, 2.24) is 15.2 Å². The predicted octanol–water partition coefficient (Wildman–Crippen LogP) is 5.94. The van der Waals surface area contributed by atoms with E-state index < -0.39 is 0 Å². The van der Waals surface area contributed by atoms with E-state index in [-0.39, 0.29) is 11.4 Å². The molecule has 1 amide bonds. The van der Waals surface area contributed by atoms with Crippen LogP contribution in [0.4, 0.5) is 0 Å². The molecule has 7 rings (SSSR count). The van der Waals surface area contributed by atoms with E-state index in [0.717, 1.165) is 54.4 Å². The number of benzene rings is 2. The molecule has 1 spiro atoms. The summed E-state index contributed by atoms with van der Waals surface area (Å²) in [6, 6.07) is 15.8. The van der Waals surface area contributed by atoms with Crippen LogP contribution in [0, 0.1) is 5.41 Å². The van der Waals surface area contributed by atoms with Crippen molar-refractivity contribution in [2.45, 2.75) is 82.3 Å². The molecule has 2 aromatic carbocycles. The van der Waals surface area contributed by atoms with E-state index in [4.69, 9.17) is 10.1 Å². The highest BCUT2D eigenvalue weighted by molar-refractivity contribution is 6.12. The SMILES string of the molecule is C[C@@H]1CCCN1C1CCc2ccc(-c3cncc(C(=N)c4ccc5c(c4)OCC4(CCC4)NC5=O)c3)cc2CC1. The van der Waals surface area contributed by atoms with Gasteiger partial charge in [-0.3, -0.25) is 20.1 Å². The van der Waals surface area contributed by atoms with Gasteiger partial charge in [0.2, 0.25) is 0 Å². The molecule has 2 aliphatic heterocycles. The van der Waals surface area contributed by atoms with Gasteiger partial charge in [-0.1, -0.05) is 24.3 Å². The zero-order chi connectivity index (χ0) is 27.3. The van der Waals surface area contributed by atoms with Gasteiger partial charge < -0.3 is 10.1 Å². The zero-order valence-corrected chi connectivity index (χ0v) is 23.3. The number of aromatic nitrogens is 1. The van der Waals surface area contributed by atoms with Crippen molar-refractivity contribution in [3.63, 3.8) is 0 Å². The standard InChI is InChI=1S/C34H38N4O2/c1-22-4-2-15-38(22)29-10-7-23-5-6-25(16-24(23)8-11-29)27-17-28(20-36-19-27)32(35)26-9-12-30-31(18-26)40-21-34(13-3-14-34)37-33(30)39/h5-6,9,12,16-20,22,29,35H,2-4,7-8,10-11,13-15,21H2,1H3,(H,37,39)/t22-,29?/m1/s1. The number of aryl methyl sites for hydroxylation is 2. The quantitative estimate of drug-likeness (QED) is 0.321. The lowest BCUT2D eigenvalue weighted by atomic mass is 9.77. The Labute approximate surface area is 236 Å². The molecule has 2 fully saturated rings. The van der Waals surface area contributed by atoms with Crippen LogP contribution in [0.1, 0.15) is 84.5 Å². The summed E-state index contributed by atoms with van der Waals surface area (Å²) < 4.78 is 6.11. The summed E-state index contributed by atoms with van der Waals surface area (Å²) in [6.07, 6.45) is 14.1. The Hall–Kier alpha value is -3.51. The van der Waals surface area contributed by atoms with Crippen molar-refractivity contribution in [3.8, 4) is 16.9 Å². The fourth-order valence-electron chi connectivity index (χ4n) is 7.22. The van der Waals surface area contributed by atoms with Crippen molar-refractivity contribution in [2.75, 3.05) is 13.2 Å². The van der Waals surface area contributed by atoms with Crippen molar-refractivity contribution in [3.05, 3.63) is 82.7 Å². The monoisotopic (exact) mass is 534 g/mol. The normalized spacial score (nSPS) is 23.7. The summed E-state index contributed by atoms with van der Waals surface area (Å²) in [4.78, 5) is 20.1. The first-order valence-corrected chi connectivity index (χ1v) is 15.0. The van der Waals surface area contributed by atoms with Gasteiger partial charge in [0.1, 0.15) is 12.4 Å². The number of carbonyl (C=O) groups excluding carboxylic acids is 1. The number of amides is 1. The van der Waals surface area contributed by atoms with Crippen molar-refractivity contribution < 1.29 is 9.53 Å². The highest BCUT2D eigenvalue weighted by atomic mass is 16.5. The summed E-state index contributed by atoms with van der Waals surface area (Å²) in [5.74, 6) is 0.471. The molecule has 3 aromatic rings. The number of fused-ring (bicyclic) bond motifs is 2. The van der Waals surface area contributed by atoms with Gasteiger partial charge in [0, 0.05) is 41.2 Å². The minimum atomic E-state index is -0.233. The first-order chi connectivity index (χ1) is 19.5. The van der Waals surface area contributed by atoms with Crippen LogP contribution in [0.15, 0.2) is 54.9 Å². The Kier molecular flexibility index (Phi) is 6.46. The topological polar surface area (TPSA) is 78.3 Å². The molecule has 2 atom stereocenters. The van der Waals surface area contributed by atoms with E-state index in [0.29, 0.717) is 35.7 Å². The molecule has 4 aliphatic rings. The van der Waals surface area contributed by atoms with Crippen LogP contribution in [-0.4, -0.2) is 52.3 Å². The maximum absolute atomic E-state index is 12.8. The molecular formula is C34H38N4O2. The molecule has 1 aromatic heterocycles. The van der Waals surface area contributed by atoms with Gasteiger partial charge in [-0.05, 0) is 106 Å². The van der Waals surface area contributed by atoms with Crippen molar-refractivity contribution >= 4 is 11.6 Å². The summed E-state index contributed by atoms with van der Waals surface area (Å²) in [5, 5.41) is 12.1. The second-order valence-electron chi connectivity index (χ2n) is 12.4. The first kappa shape index (κ1) is 25.5. The smallest absolute Gasteiger partial charge is 0.255 e. The fraction of sp³-hybridized carbons (Fsp3) is 0.441. The van der Waals surface area contributed by atoms with Gasteiger partial charge in [-0.15, -0.1) is 0 Å². The minimum Gasteiger partial charge on any atom is -0.490 e. The van der Waals surface area contributed by atoms with Gasteiger partial charge in [0.05, 0.1) is 16.8 Å². The second kappa shape index (κ2) is 10.2. The Morgan fingerprint density at radius 3 is 2.60 bits per heavy atom. The fourth-order valence-corrected chi connectivity index (χ4v) is 7.22. The molecule has 40 heavy (non-hydrogen) atoms. The average Bonchev–Trinajstić information content (AvgIpc) is 3.19. The van der Waals surface area contributed by atoms with Gasteiger partial charge in [0.25, 0.3) is 5.91 Å². The molecule has 1 unspecified atom stereocenters. The Balaban J connectivity index is 1.10. The Morgan fingerprint density at radius 1 is 0.975 bits per heavy atom. The van der Waals surface area contributed by atoms with Crippen LogP contribution >= 0.6 is 0 Å². The third kappa shape index (κ3) is 4.62. The number of nitrogens with zero attached hydrogens (tertiary/aromatic N) is 2. The lowest BCUT2D eigenvalue weighted by molar-refractivity contribution is 0.0754. The number of likely N-dealkylation sites (tertiary alicyclic amines) is 1. The molecule has 2 aliphatic carbocycles. The summed E-state index contributed by atoms with van der Waals surface area (Å²) >= 11 is 0. The number of hydrogen-bond acceptors (Lipinski definition) is 5. The number of carbonyl (C=O) groups is 1. The first-order valence-electron chi connectivity index (χ1n) is 15.0. The van der Waals surface area contributed by atoms with E-state index in [1.54, 1.807) is 12.3 Å². The molecule has 6 nitrogen and oxygen atoms in total. The van der Waals surface area contributed by atoms with Crippen LogP contribution in [0.3, 0.4) is 0 Å². The number of nitrogens with one attached hydrogen (secondary N) is 2. The zero-order valence-electron chi connectivity index (χ0n) is 23.3. The van der Waals surface area contributed by atoms with E-state index in [2.05, 4.69) is 46.4 Å². The molecule has 1 saturated heterocycles. The predicted molar refractivity (Wildman–Crippen MR) is 157 cm³/mol. The maximum Gasteiger partial charge on any atom is 0.255 e. The van der Waals surface area contributed by atoms with Crippen LogP contribution < -0.4 is 10.1 Å². The Bertz CT molecular complexity index is 1480. The highest BCUT2D eigenvalue weighted by Gasteiger charge is 2.42. The summed E-state index contributed by atoms with van der Waals surface area (Å²) in [6.45, 7) is 4.12. The van der Waals surface area contributed by atoms with Crippen molar-refractivity contribution in [1.29, 1.82) is 5.41 Å². The second-order valence-corrected chi connectivity index (χ2v) is 12.4. The average molecular weight is 535 g/mol. The summed E-state index contributed by atoms with van der Waals surface area (Å²) in [5.41, 5.74) is 7.27. The van der Waals surface area contributed by atoms with Gasteiger partial charge in [-0.25, -0.2) is 0 Å². The van der Waals surface area contributed by atoms with E-state index in [1.165, 1.54) is 43.4 Å². The van der Waals surface area contributed by atoms with Crippen LogP contribution in [0.25, 0.3) is 11.1 Å². The molecule has 3 heterocycles. The third-order valence-electron chi connectivity index (χ3n) is 9.84. The molecule has 2 N–H and O–H groups in total. The van der Waals surface area contributed by atoms with Crippen LogP contribution in [0.5, 0.6) is 5.75 Å². The number of hydrogen-bond donors (Lipinski definition) is 2. The minimum absolute atomic E-state index is 0.0848. The van der Waals surface area contributed by atoms with Crippen LogP contribution in [-0.2, 0) is 12.8 Å². The van der Waals surface area contributed by atoms with Gasteiger partial charge in [0.15, 0.2) is 0 Å². The van der Waals surface area contributed by atoms with Crippen LogP contribution in [0.2, 0.25) is 0 Å². The van der Waals surface area contributed by atoms with Gasteiger partial charge >= 0.3 is 0 Å². The lowest BCUT2D eigenvalue weighted by Crippen LogP contribution is -2.56. The maximum atomic E-state index is 12.8. The molecular weight excluding hydrogens is 496 g/mol.